The highest BCUT2D eigenvalue weighted by molar-refractivity contribution is 7.09. The monoisotopic (exact) mass is 300 g/mol. The van der Waals surface area contributed by atoms with Crippen molar-refractivity contribution >= 4 is 11.3 Å². The maximum atomic E-state index is 4.77. The minimum Gasteiger partial charge on any atom is -0.314 e. The zero-order valence-electron chi connectivity index (χ0n) is 12.8. The zero-order chi connectivity index (χ0) is 14.5. The summed E-state index contributed by atoms with van der Waals surface area (Å²) in [5.74, 6) is 0. The van der Waals surface area contributed by atoms with Gasteiger partial charge in [0.1, 0.15) is 0 Å². The number of nitrogens with zero attached hydrogens (tertiary/aromatic N) is 1. The summed E-state index contributed by atoms with van der Waals surface area (Å²) in [5, 5.41) is 7.12. The average Bonchev–Trinajstić information content (AvgIpc) is 2.98. The van der Waals surface area contributed by atoms with Crippen molar-refractivity contribution in [2.24, 2.45) is 0 Å². The van der Waals surface area contributed by atoms with Crippen LogP contribution in [0.4, 0.5) is 0 Å². The minimum atomic E-state index is 0.746. The van der Waals surface area contributed by atoms with Crippen molar-refractivity contribution in [3.8, 4) is 11.3 Å². The molecule has 112 valence electrons. The topological polar surface area (TPSA) is 24.9 Å². The summed E-state index contributed by atoms with van der Waals surface area (Å²) >= 11 is 1.78. The summed E-state index contributed by atoms with van der Waals surface area (Å²) in [4.78, 5) is 4.77. The second-order valence-corrected chi connectivity index (χ2v) is 6.97. The van der Waals surface area contributed by atoms with E-state index in [2.05, 4.69) is 41.9 Å². The van der Waals surface area contributed by atoms with Crippen molar-refractivity contribution in [3.05, 3.63) is 40.2 Å². The van der Waals surface area contributed by atoms with E-state index in [4.69, 9.17) is 4.98 Å². The molecule has 1 N–H and O–H groups in total. The van der Waals surface area contributed by atoms with E-state index in [1.807, 2.05) is 0 Å². The Morgan fingerprint density at radius 1 is 1.14 bits per heavy atom. The van der Waals surface area contributed by atoms with Crippen LogP contribution in [-0.2, 0) is 6.42 Å². The third kappa shape index (κ3) is 4.14. The fourth-order valence-electron chi connectivity index (χ4n) is 2.97. The molecule has 0 spiro atoms. The average molecular weight is 300 g/mol. The Morgan fingerprint density at radius 2 is 1.90 bits per heavy atom. The number of rotatable bonds is 5. The second-order valence-electron chi connectivity index (χ2n) is 6.03. The van der Waals surface area contributed by atoms with Crippen molar-refractivity contribution in [3.63, 3.8) is 0 Å². The van der Waals surface area contributed by atoms with Crippen molar-refractivity contribution in [2.45, 2.75) is 51.5 Å². The Morgan fingerprint density at radius 3 is 2.67 bits per heavy atom. The molecule has 21 heavy (non-hydrogen) atoms. The van der Waals surface area contributed by atoms with Crippen LogP contribution in [0.1, 0.15) is 42.7 Å². The molecular formula is C18H24N2S. The van der Waals surface area contributed by atoms with Gasteiger partial charge in [0.2, 0.25) is 0 Å². The molecule has 1 aromatic carbocycles. The molecule has 0 amide bonds. The van der Waals surface area contributed by atoms with Crippen LogP contribution in [0.2, 0.25) is 0 Å². The number of aryl methyl sites for hydroxylation is 1. The maximum Gasteiger partial charge on any atom is 0.0945 e. The van der Waals surface area contributed by atoms with Crippen LogP contribution in [0.5, 0.6) is 0 Å². The van der Waals surface area contributed by atoms with E-state index in [9.17, 15) is 0 Å². The van der Waals surface area contributed by atoms with E-state index in [0.717, 1.165) is 24.7 Å². The third-order valence-corrected chi connectivity index (χ3v) is 5.18. The molecule has 0 saturated heterocycles. The third-order valence-electron chi connectivity index (χ3n) is 4.28. The lowest BCUT2D eigenvalue weighted by atomic mass is 9.95. The summed E-state index contributed by atoms with van der Waals surface area (Å²) in [5.41, 5.74) is 3.64. The Kier molecular flexibility index (Phi) is 5.04. The molecule has 0 bridgehead atoms. The molecule has 1 aromatic heterocycles. The van der Waals surface area contributed by atoms with Gasteiger partial charge in [-0.05, 0) is 19.8 Å². The number of nitrogens with one attached hydrogen (secondary N) is 1. The van der Waals surface area contributed by atoms with E-state index < -0.39 is 0 Å². The van der Waals surface area contributed by atoms with Gasteiger partial charge in [-0.25, -0.2) is 4.98 Å². The van der Waals surface area contributed by atoms with Gasteiger partial charge in [0.05, 0.1) is 10.7 Å². The Balaban J connectivity index is 1.51. The quantitative estimate of drug-likeness (QED) is 0.874. The molecule has 1 heterocycles. The largest absolute Gasteiger partial charge is 0.314 e. The maximum absolute atomic E-state index is 4.77. The molecule has 3 heteroatoms. The first kappa shape index (κ1) is 14.7. The summed E-state index contributed by atoms with van der Waals surface area (Å²) in [6.45, 7) is 3.18. The Bertz CT molecular complexity index is 553. The summed E-state index contributed by atoms with van der Waals surface area (Å²) in [6, 6.07) is 9.37. The second kappa shape index (κ2) is 7.19. The smallest absolute Gasteiger partial charge is 0.0945 e. The van der Waals surface area contributed by atoms with Gasteiger partial charge in [-0.2, -0.15) is 0 Å². The molecule has 1 aliphatic carbocycles. The highest BCUT2D eigenvalue weighted by Crippen LogP contribution is 2.22. The SMILES string of the molecule is Cc1ccc(-c2csc(CCNC3CCCCC3)n2)cc1. The first-order valence-corrected chi connectivity index (χ1v) is 8.94. The predicted molar refractivity (Wildman–Crippen MR) is 90.9 cm³/mol. The molecule has 2 nitrogen and oxygen atoms in total. The van der Waals surface area contributed by atoms with Crippen molar-refractivity contribution in [1.82, 2.24) is 10.3 Å². The number of hydrogen-bond donors (Lipinski definition) is 1. The number of aromatic nitrogens is 1. The lowest BCUT2D eigenvalue weighted by molar-refractivity contribution is 0.375. The predicted octanol–water partition coefficient (Wildman–Crippen LogP) is 4.58. The molecule has 3 rings (SSSR count). The highest BCUT2D eigenvalue weighted by Gasteiger charge is 2.12. The van der Waals surface area contributed by atoms with E-state index in [1.165, 1.54) is 48.2 Å². The number of benzene rings is 1. The molecule has 2 aromatic rings. The molecular weight excluding hydrogens is 276 g/mol. The van der Waals surface area contributed by atoms with Crippen LogP contribution in [0.25, 0.3) is 11.3 Å². The van der Waals surface area contributed by atoms with Gasteiger partial charge in [0, 0.05) is 30.0 Å². The van der Waals surface area contributed by atoms with Crippen LogP contribution in [0.3, 0.4) is 0 Å². The van der Waals surface area contributed by atoms with Gasteiger partial charge >= 0.3 is 0 Å². The van der Waals surface area contributed by atoms with E-state index in [0.29, 0.717) is 0 Å². The summed E-state index contributed by atoms with van der Waals surface area (Å²) < 4.78 is 0. The first-order chi connectivity index (χ1) is 10.3. The van der Waals surface area contributed by atoms with Crippen LogP contribution in [0.15, 0.2) is 29.6 Å². The first-order valence-electron chi connectivity index (χ1n) is 8.06. The van der Waals surface area contributed by atoms with E-state index in [1.54, 1.807) is 11.3 Å². The standard InChI is InChI=1S/C18H24N2S/c1-14-7-9-15(10-8-14)17-13-21-18(20-17)11-12-19-16-5-3-2-4-6-16/h7-10,13,16,19H,2-6,11-12H2,1H3. The molecule has 0 atom stereocenters. The molecule has 0 radical (unpaired) electrons. The van der Waals surface area contributed by atoms with Crippen LogP contribution < -0.4 is 5.32 Å². The molecule has 0 unspecified atom stereocenters. The lowest BCUT2D eigenvalue weighted by Gasteiger charge is -2.22. The van der Waals surface area contributed by atoms with Gasteiger partial charge in [0.25, 0.3) is 0 Å². The lowest BCUT2D eigenvalue weighted by Crippen LogP contribution is -2.32. The minimum absolute atomic E-state index is 0.746. The number of hydrogen-bond acceptors (Lipinski definition) is 3. The summed E-state index contributed by atoms with van der Waals surface area (Å²) in [7, 11) is 0. The van der Waals surface area contributed by atoms with E-state index in [-0.39, 0.29) is 0 Å². The molecule has 0 aliphatic heterocycles. The highest BCUT2D eigenvalue weighted by atomic mass is 32.1. The summed E-state index contributed by atoms with van der Waals surface area (Å²) in [6.07, 6.45) is 7.97. The van der Waals surface area contributed by atoms with Gasteiger partial charge < -0.3 is 5.32 Å². The van der Waals surface area contributed by atoms with Crippen molar-refractivity contribution < 1.29 is 0 Å². The zero-order valence-corrected chi connectivity index (χ0v) is 13.6. The fraction of sp³-hybridized carbons (Fsp3) is 0.500. The van der Waals surface area contributed by atoms with Crippen LogP contribution in [0, 0.1) is 6.92 Å². The normalized spacial score (nSPS) is 16.2. The Labute approximate surface area is 131 Å². The molecule has 1 fully saturated rings. The van der Waals surface area contributed by atoms with Crippen molar-refractivity contribution in [2.75, 3.05) is 6.54 Å². The molecule has 1 saturated carbocycles. The Hall–Kier alpha value is -1.19. The molecule has 1 aliphatic rings. The van der Waals surface area contributed by atoms with Crippen LogP contribution in [-0.4, -0.2) is 17.6 Å². The fourth-order valence-corrected chi connectivity index (χ4v) is 3.78. The van der Waals surface area contributed by atoms with Gasteiger partial charge in [-0.15, -0.1) is 11.3 Å². The van der Waals surface area contributed by atoms with E-state index >= 15 is 0 Å². The van der Waals surface area contributed by atoms with Gasteiger partial charge in [-0.3, -0.25) is 0 Å². The van der Waals surface area contributed by atoms with Crippen LogP contribution >= 0.6 is 11.3 Å². The number of thiazole rings is 1. The van der Waals surface area contributed by atoms with Gasteiger partial charge in [-0.1, -0.05) is 49.1 Å². The van der Waals surface area contributed by atoms with Crippen molar-refractivity contribution in [1.29, 1.82) is 0 Å². The van der Waals surface area contributed by atoms with Gasteiger partial charge in [0.15, 0.2) is 0 Å².